The Morgan fingerprint density at radius 1 is 0.389 bits per heavy atom. The lowest BCUT2D eigenvalue weighted by Gasteiger charge is -2.13. The molecule has 4 heterocycles. The second-order valence-corrected chi connectivity index (χ2v) is 14.3. The van der Waals surface area contributed by atoms with Crippen LogP contribution in [0.25, 0.3) is 89.2 Å². The molecule has 6 nitrogen and oxygen atoms in total. The minimum atomic E-state index is 0.321. The number of rotatable bonds is 5. The van der Waals surface area contributed by atoms with E-state index in [1.165, 1.54) is 0 Å². The molecule has 0 radical (unpaired) electrons. The molecule has 0 unspecified atom stereocenters. The van der Waals surface area contributed by atoms with Crippen molar-refractivity contribution in [2.24, 2.45) is 0 Å². The highest BCUT2D eigenvalue weighted by Crippen LogP contribution is 2.43. The van der Waals surface area contributed by atoms with E-state index in [1.807, 2.05) is 144 Å². The van der Waals surface area contributed by atoms with E-state index in [9.17, 15) is 0 Å². The first-order chi connectivity index (χ1) is 26.5. The summed E-state index contributed by atoms with van der Waals surface area (Å²) in [5.41, 5.74) is 8.37. The number of hydrogen-bond acceptors (Lipinski definition) is 4. The molecule has 0 saturated heterocycles. The normalized spacial score (nSPS) is 11.7. The molecular weight excluding hydrogens is 754 g/mol. The molecule has 0 amide bonds. The van der Waals surface area contributed by atoms with Crippen LogP contribution < -0.4 is 0 Å². The number of nitrogens with zero attached hydrogens (tertiary/aromatic N) is 6. The average molecular weight is 779 g/mol. The number of halogens is 4. The molecule has 0 aliphatic heterocycles. The van der Waals surface area contributed by atoms with Crippen molar-refractivity contribution in [3.63, 3.8) is 0 Å². The molecular formula is C44H24Cl4N6. The van der Waals surface area contributed by atoms with Crippen molar-refractivity contribution in [2.45, 2.75) is 0 Å². The smallest absolute Gasteiger partial charge is 0.236 e. The van der Waals surface area contributed by atoms with Gasteiger partial charge in [0.2, 0.25) is 11.9 Å². The molecule has 0 atom stereocenters. The third kappa shape index (κ3) is 5.17. The van der Waals surface area contributed by atoms with E-state index in [-0.39, 0.29) is 0 Å². The Kier molecular flexibility index (Phi) is 7.89. The summed E-state index contributed by atoms with van der Waals surface area (Å²) < 4.78 is 3.62. The summed E-state index contributed by atoms with van der Waals surface area (Å²) in [7, 11) is 0. The fourth-order valence-corrected chi connectivity index (χ4v) is 8.30. The van der Waals surface area contributed by atoms with Gasteiger partial charge in [-0.05, 0) is 41.5 Å². The molecule has 6 aromatic carbocycles. The molecule has 0 spiro atoms. The minimum Gasteiger partial charge on any atom is -0.267 e. The zero-order valence-corrected chi connectivity index (χ0v) is 31.1. The fourth-order valence-electron chi connectivity index (χ4n) is 7.25. The van der Waals surface area contributed by atoms with Gasteiger partial charge in [-0.2, -0.15) is 0 Å². The monoisotopic (exact) mass is 776 g/mol. The van der Waals surface area contributed by atoms with E-state index >= 15 is 0 Å². The lowest BCUT2D eigenvalue weighted by Crippen LogP contribution is -2.04. The highest BCUT2D eigenvalue weighted by molar-refractivity contribution is 6.46. The van der Waals surface area contributed by atoms with E-state index in [0.717, 1.165) is 77.3 Å². The van der Waals surface area contributed by atoms with Gasteiger partial charge in [0.25, 0.3) is 0 Å². The number of aromatic nitrogens is 6. The standard InChI is InChI=1S/C44H24Cl4N6/c45-37-30-17-8-10-20-34(30)53(41(37)47)43-50-33-23-22-27(24-31(33)40(52-43)26-14-5-2-6-15-26)28-18-11-21-35-36(28)38(46)42(48)54(35)44-49-32-19-9-7-16-29(32)39(51-44)25-12-3-1-4-13-25/h1-24H. The van der Waals surface area contributed by atoms with Crippen molar-refractivity contribution in [3.8, 4) is 45.5 Å². The van der Waals surface area contributed by atoms with E-state index in [4.69, 9.17) is 66.3 Å². The molecule has 0 bridgehead atoms. The first-order valence-electron chi connectivity index (χ1n) is 17.1. The van der Waals surface area contributed by atoms with Crippen molar-refractivity contribution in [2.75, 3.05) is 0 Å². The molecule has 10 rings (SSSR count). The fraction of sp³-hybridized carbons (Fsp3) is 0. The molecule has 0 fully saturated rings. The largest absolute Gasteiger partial charge is 0.267 e. The van der Waals surface area contributed by atoms with Gasteiger partial charge in [0, 0.05) is 32.7 Å². The summed E-state index contributed by atoms with van der Waals surface area (Å²) in [6.45, 7) is 0. The maximum Gasteiger partial charge on any atom is 0.236 e. The van der Waals surface area contributed by atoms with Gasteiger partial charge in [0.1, 0.15) is 10.3 Å². The second kappa shape index (κ2) is 13.0. The predicted octanol–water partition coefficient (Wildman–Crippen LogP) is 13.1. The first-order valence-corrected chi connectivity index (χ1v) is 18.6. The molecule has 0 N–H and O–H groups in total. The number of fused-ring (bicyclic) bond motifs is 4. The first kappa shape index (κ1) is 32.9. The Balaban J connectivity index is 1.18. The van der Waals surface area contributed by atoms with Gasteiger partial charge < -0.3 is 0 Å². The van der Waals surface area contributed by atoms with Crippen LogP contribution in [0.15, 0.2) is 146 Å². The molecule has 0 aliphatic carbocycles. The molecule has 0 aliphatic rings. The molecule has 258 valence electrons. The van der Waals surface area contributed by atoms with Crippen molar-refractivity contribution in [1.82, 2.24) is 29.1 Å². The second-order valence-electron chi connectivity index (χ2n) is 12.8. The number of benzene rings is 6. The molecule has 54 heavy (non-hydrogen) atoms. The van der Waals surface area contributed by atoms with Crippen LogP contribution in [0.3, 0.4) is 0 Å². The van der Waals surface area contributed by atoms with Crippen LogP contribution in [0.4, 0.5) is 0 Å². The third-order valence-corrected chi connectivity index (χ3v) is 11.4. The van der Waals surface area contributed by atoms with Crippen LogP contribution in [-0.2, 0) is 0 Å². The maximum absolute atomic E-state index is 7.17. The van der Waals surface area contributed by atoms with E-state index in [2.05, 4.69) is 6.07 Å². The lowest BCUT2D eigenvalue weighted by atomic mass is 9.98. The summed E-state index contributed by atoms with van der Waals surface area (Å²) in [6.07, 6.45) is 0. The Bertz CT molecular complexity index is 3100. The summed E-state index contributed by atoms with van der Waals surface area (Å²) in [5.74, 6) is 0.843. The van der Waals surface area contributed by atoms with Crippen LogP contribution >= 0.6 is 46.4 Å². The van der Waals surface area contributed by atoms with Crippen molar-refractivity contribution < 1.29 is 0 Å². The Labute approximate surface area is 328 Å². The molecule has 4 aromatic heterocycles. The summed E-state index contributed by atoms with van der Waals surface area (Å²) in [5, 5.41) is 4.92. The van der Waals surface area contributed by atoms with Crippen LogP contribution in [0.1, 0.15) is 0 Å². The maximum atomic E-state index is 7.17. The zero-order chi connectivity index (χ0) is 36.5. The lowest BCUT2D eigenvalue weighted by molar-refractivity contribution is 0.985. The Morgan fingerprint density at radius 2 is 0.926 bits per heavy atom. The van der Waals surface area contributed by atoms with Gasteiger partial charge in [-0.3, -0.25) is 9.13 Å². The Hall–Kier alpha value is -5.76. The van der Waals surface area contributed by atoms with Crippen molar-refractivity contribution >= 4 is 90.0 Å². The Morgan fingerprint density at radius 3 is 1.63 bits per heavy atom. The van der Waals surface area contributed by atoms with Crippen LogP contribution in [0.2, 0.25) is 20.4 Å². The molecule has 10 aromatic rings. The molecule has 0 saturated carbocycles. The van der Waals surface area contributed by atoms with Gasteiger partial charge in [-0.1, -0.05) is 162 Å². The summed E-state index contributed by atoms with van der Waals surface area (Å²) in [4.78, 5) is 20.2. The topological polar surface area (TPSA) is 61.4 Å². The summed E-state index contributed by atoms with van der Waals surface area (Å²) >= 11 is 27.8. The van der Waals surface area contributed by atoms with Crippen LogP contribution in [0.5, 0.6) is 0 Å². The van der Waals surface area contributed by atoms with Crippen molar-refractivity contribution in [1.29, 1.82) is 0 Å². The molecule has 10 heteroatoms. The van der Waals surface area contributed by atoms with Crippen LogP contribution in [0, 0.1) is 0 Å². The highest BCUT2D eigenvalue weighted by Gasteiger charge is 2.24. The van der Waals surface area contributed by atoms with Gasteiger partial charge >= 0.3 is 0 Å². The average Bonchev–Trinajstić information content (AvgIpc) is 3.64. The van der Waals surface area contributed by atoms with E-state index < -0.39 is 0 Å². The summed E-state index contributed by atoms with van der Waals surface area (Å²) in [6, 6.07) is 48.0. The van der Waals surface area contributed by atoms with Gasteiger partial charge in [0.15, 0.2) is 0 Å². The minimum absolute atomic E-state index is 0.321. The highest BCUT2D eigenvalue weighted by atomic mass is 35.5. The SMILES string of the molecule is Clc1c(Cl)n(-c2nc(-c3ccccc3)c3cc(-c4cccc5c4c(Cl)c(Cl)n5-c4nc(-c5ccccc5)c5ccccc5n4)ccc3n2)c2ccccc12. The third-order valence-electron chi connectivity index (χ3n) is 9.72. The van der Waals surface area contributed by atoms with Crippen molar-refractivity contribution in [3.05, 3.63) is 166 Å². The quantitative estimate of drug-likeness (QED) is 0.175. The predicted molar refractivity (Wildman–Crippen MR) is 223 cm³/mol. The van der Waals surface area contributed by atoms with Gasteiger partial charge in [-0.15, -0.1) is 0 Å². The van der Waals surface area contributed by atoms with Crippen LogP contribution in [-0.4, -0.2) is 29.1 Å². The van der Waals surface area contributed by atoms with E-state index in [1.54, 1.807) is 4.57 Å². The van der Waals surface area contributed by atoms with Gasteiger partial charge in [-0.25, -0.2) is 19.9 Å². The zero-order valence-electron chi connectivity index (χ0n) is 28.1. The van der Waals surface area contributed by atoms with E-state index in [0.29, 0.717) is 32.2 Å². The van der Waals surface area contributed by atoms with Gasteiger partial charge in [0.05, 0.1) is 43.5 Å². The number of para-hydroxylation sites is 2. The number of hydrogen-bond donors (Lipinski definition) is 0.